The highest BCUT2D eigenvalue weighted by Crippen LogP contribution is 2.36. The zero-order chi connectivity index (χ0) is 14.9. The first-order valence-corrected chi connectivity index (χ1v) is 9.29. The van der Waals surface area contributed by atoms with E-state index in [4.69, 9.17) is 10.00 Å². The molecular formula is C19H33NO. The standard InChI is InChI=1S/C19H33NO/c1-2-13-21-15-19-11-7-17(8-12-19)4-3-16-5-9-18(14-20)10-6-16/h16-19H,2-13,15H2,1H3/t16-,17?,18-,19?. The lowest BCUT2D eigenvalue weighted by atomic mass is 9.76. The third-order valence-electron chi connectivity index (χ3n) is 5.68. The quantitative estimate of drug-likeness (QED) is 0.594. The first-order chi connectivity index (χ1) is 10.3. The average Bonchev–Trinajstić information content (AvgIpc) is 2.55. The molecule has 2 heteroatoms. The second kappa shape index (κ2) is 9.46. The van der Waals surface area contributed by atoms with E-state index in [0.29, 0.717) is 5.92 Å². The minimum atomic E-state index is 0.361. The van der Waals surface area contributed by atoms with Gasteiger partial charge in [0.2, 0.25) is 0 Å². The van der Waals surface area contributed by atoms with Crippen molar-refractivity contribution in [3.8, 4) is 6.07 Å². The normalized spacial score (nSPS) is 33.5. The van der Waals surface area contributed by atoms with Crippen molar-refractivity contribution in [2.75, 3.05) is 13.2 Å². The molecule has 0 spiro atoms. The minimum absolute atomic E-state index is 0.361. The van der Waals surface area contributed by atoms with Gasteiger partial charge in [-0.15, -0.1) is 0 Å². The van der Waals surface area contributed by atoms with Crippen molar-refractivity contribution < 1.29 is 4.74 Å². The monoisotopic (exact) mass is 291 g/mol. The Morgan fingerprint density at radius 2 is 1.38 bits per heavy atom. The summed E-state index contributed by atoms with van der Waals surface area (Å²) >= 11 is 0. The smallest absolute Gasteiger partial charge is 0.0655 e. The topological polar surface area (TPSA) is 33.0 Å². The molecule has 0 aromatic heterocycles. The average molecular weight is 291 g/mol. The first kappa shape index (κ1) is 16.8. The second-order valence-corrected chi connectivity index (χ2v) is 7.39. The van der Waals surface area contributed by atoms with E-state index in [2.05, 4.69) is 13.0 Å². The van der Waals surface area contributed by atoms with E-state index in [0.717, 1.165) is 50.2 Å². The molecule has 2 aliphatic rings. The number of nitrogens with zero attached hydrogens (tertiary/aromatic N) is 1. The molecule has 2 nitrogen and oxygen atoms in total. The summed E-state index contributed by atoms with van der Waals surface area (Å²) in [5.74, 6) is 3.08. The van der Waals surface area contributed by atoms with Crippen molar-refractivity contribution in [2.24, 2.45) is 23.7 Å². The van der Waals surface area contributed by atoms with Gasteiger partial charge >= 0.3 is 0 Å². The van der Waals surface area contributed by atoms with Crippen LogP contribution in [0.2, 0.25) is 0 Å². The predicted octanol–water partition coefficient (Wildman–Crippen LogP) is 5.33. The maximum Gasteiger partial charge on any atom is 0.0655 e. The van der Waals surface area contributed by atoms with Crippen LogP contribution >= 0.6 is 0 Å². The Morgan fingerprint density at radius 3 is 1.90 bits per heavy atom. The van der Waals surface area contributed by atoms with Gasteiger partial charge in [-0.2, -0.15) is 5.26 Å². The van der Waals surface area contributed by atoms with Crippen LogP contribution in [-0.4, -0.2) is 13.2 Å². The van der Waals surface area contributed by atoms with E-state index < -0.39 is 0 Å². The Bertz CT molecular complexity index is 306. The van der Waals surface area contributed by atoms with Crippen molar-refractivity contribution in [1.82, 2.24) is 0 Å². The molecule has 120 valence electrons. The van der Waals surface area contributed by atoms with Crippen LogP contribution in [0.3, 0.4) is 0 Å². The second-order valence-electron chi connectivity index (χ2n) is 7.39. The molecule has 0 aliphatic heterocycles. The molecule has 0 aromatic carbocycles. The van der Waals surface area contributed by atoms with Crippen molar-refractivity contribution in [3.05, 3.63) is 0 Å². The van der Waals surface area contributed by atoms with Gasteiger partial charge in [-0.05, 0) is 62.7 Å². The molecule has 0 radical (unpaired) electrons. The molecule has 2 rings (SSSR count). The molecule has 0 unspecified atom stereocenters. The number of hydrogen-bond donors (Lipinski definition) is 0. The maximum atomic E-state index is 8.95. The molecule has 0 bridgehead atoms. The van der Waals surface area contributed by atoms with E-state index in [-0.39, 0.29) is 0 Å². The SMILES string of the molecule is CCCOCC1CCC(CC[C@H]2CC[C@H](C#N)CC2)CC1. The molecule has 0 heterocycles. The number of rotatable bonds is 7. The molecular weight excluding hydrogens is 258 g/mol. The van der Waals surface area contributed by atoms with Gasteiger partial charge in [0.1, 0.15) is 0 Å². The Kier molecular flexibility index (Phi) is 7.58. The lowest BCUT2D eigenvalue weighted by Gasteiger charge is -2.30. The third-order valence-corrected chi connectivity index (χ3v) is 5.68. The van der Waals surface area contributed by atoms with Crippen LogP contribution in [0.4, 0.5) is 0 Å². The number of hydrogen-bond acceptors (Lipinski definition) is 2. The van der Waals surface area contributed by atoms with Crippen molar-refractivity contribution in [3.63, 3.8) is 0 Å². The fourth-order valence-electron chi connectivity index (χ4n) is 4.13. The molecule has 0 atom stereocenters. The summed E-state index contributed by atoms with van der Waals surface area (Å²) in [6.45, 7) is 4.12. The van der Waals surface area contributed by atoms with Crippen LogP contribution in [0.5, 0.6) is 0 Å². The highest BCUT2D eigenvalue weighted by Gasteiger charge is 2.24. The fourth-order valence-corrected chi connectivity index (χ4v) is 4.13. The highest BCUT2D eigenvalue weighted by atomic mass is 16.5. The van der Waals surface area contributed by atoms with E-state index in [1.165, 1.54) is 51.4 Å². The molecule has 0 amide bonds. The van der Waals surface area contributed by atoms with Crippen LogP contribution in [0.25, 0.3) is 0 Å². The Hall–Kier alpha value is -0.550. The van der Waals surface area contributed by atoms with E-state index in [1.54, 1.807) is 0 Å². The van der Waals surface area contributed by atoms with Crippen LogP contribution < -0.4 is 0 Å². The van der Waals surface area contributed by atoms with Crippen LogP contribution in [0.15, 0.2) is 0 Å². The van der Waals surface area contributed by atoms with E-state index >= 15 is 0 Å². The van der Waals surface area contributed by atoms with Gasteiger partial charge in [0.15, 0.2) is 0 Å². The van der Waals surface area contributed by atoms with Crippen LogP contribution in [0, 0.1) is 35.0 Å². The zero-order valence-corrected chi connectivity index (χ0v) is 13.9. The van der Waals surface area contributed by atoms with Crippen LogP contribution in [-0.2, 0) is 4.74 Å². The van der Waals surface area contributed by atoms with Gasteiger partial charge in [-0.3, -0.25) is 0 Å². The Balaban J connectivity index is 1.54. The summed E-state index contributed by atoms with van der Waals surface area (Å²) in [6.07, 6.45) is 14.5. The zero-order valence-electron chi connectivity index (χ0n) is 13.9. The molecule has 21 heavy (non-hydrogen) atoms. The lowest BCUT2D eigenvalue weighted by molar-refractivity contribution is 0.0764. The summed E-state index contributed by atoms with van der Waals surface area (Å²) in [7, 11) is 0. The van der Waals surface area contributed by atoms with Crippen molar-refractivity contribution in [2.45, 2.75) is 77.6 Å². The van der Waals surface area contributed by atoms with Crippen molar-refractivity contribution in [1.29, 1.82) is 5.26 Å². The summed E-state index contributed by atoms with van der Waals surface area (Å²) in [6, 6.07) is 2.44. The molecule has 2 aliphatic carbocycles. The molecule has 2 fully saturated rings. The van der Waals surface area contributed by atoms with Gasteiger partial charge < -0.3 is 4.74 Å². The van der Waals surface area contributed by atoms with Crippen LogP contribution in [0.1, 0.15) is 77.6 Å². The van der Waals surface area contributed by atoms with Crippen molar-refractivity contribution >= 4 is 0 Å². The highest BCUT2D eigenvalue weighted by molar-refractivity contribution is 4.87. The Morgan fingerprint density at radius 1 is 0.857 bits per heavy atom. The number of nitriles is 1. The largest absolute Gasteiger partial charge is 0.381 e. The summed E-state index contributed by atoms with van der Waals surface area (Å²) in [5, 5.41) is 8.95. The maximum absolute atomic E-state index is 8.95. The lowest BCUT2D eigenvalue weighted by Crippen LogP contribution is -2.20. The van der Waals surface area contributed by atoms with E-state index in [1.807, 2.05) is 0 Å². The fraction of sp³-hybridized carbons (Fsp3) is 0.947. The summed E-state index contributed by atoms with van der Waals surface area (Å²) in [4.78, 5) is 0. The molecule has 2 saturated carbocycles. The number of ether oxygens (including phenoxy) is 1. The molecule has 0 aromatic rings. The summed E-state index contributed by atoms with van der Waals surface area (Å²) < 4.78 is 5.71. The molecule has 0 N–H and O–H groups in total. The van der Waals surface area contributed by atoms with E-state index in [9.17, 15) is 0 Å². The molecule has 0 saturated heterocycles. The van der Waals surface area contributed by atoms with Gasteiger partial charge in [-0.1, -0.05) is 32.6 Å². The van der Waals surface area contributed by atoms with Gasteiger partial charge in [-0.25, -0.2) is 0 Å². The minimum Gasteiger partial charge on any atom is -0.381 e. The predicted molar refractivity (Wildman–Crippen MR) is 86.9 cm³/mol. The Labute approximate surface area is 131 Å². The third kappa shape index (κ3) is 5.99. The van der Waals surface area contributed by atoms with Gasteiger partial charge in [0, 0.05) is 19.1 Å². The van der Waals surface area contributed by atoms with Gasteiger partial charge in [0.25, 0.3) is 0 Å². The van der Waals surface area contributed by atoms with Gasteiger partial charge in [0.05, 0.1) is 6.07 Å². The summed E-state index contributed by atoms with van der Waals surface area (Å²) in [5.41, 5.74) is 0. The first-order valence-electron chi connectivity index (χ1n) is 9.29.